The van der Waals surface area contributed by atoms with Gasteiger partial charge in [0.05, 0.1) is 4.90 Å². The molecule has 0 atom stereocenters. The molecule has 0 N–H and O–H groups in total. The predicted octanol–water partition coefficient (Wildman–Crippen LogP) is 2.40. The molecule has 3 nitrogen and oxygen atoms in total. The van der Waals surface area contributed by atoms with Crippen molar-refractivity contribution in [3.63, 3.8) is 0 Å². The van der Waals surface area contributed by atoms with E-state index < -0.39 is 10.0 Å². The van der Waals surface area contributed by atoms with Gasteiger partial charge in [-0.2, -0.15) is 0 Å². The summed E-state index contributed by atoms with van der Waals surface area (Å²) in [7, 11) is -0.327. The van der Waals surface area contributed by atoms with Gasteiger partial charge in [0.25, 0.3) is 0 Å². The molecule has 18 heavy (non-hydrogen) atoms. The molecule has 0 unspecified atom stereocenters. The second-order valence-electron chi connectivity index (χ2n) is 4.10. The second kappa shape index (κ2) is 4.92. The zero-order chi connectivity index (χ0) is 13.2. The lowest BCUT2D eigenvalue weighted by Gasteiger charge is -2.12. The van der Waals surface area contributed by atoms with E-state index in [1.165, 1.54) is 18.4 Å². The Balaban J connectivity index is 2.50. The number of hydrogen-bond donors (Lipinski definition) is 0. The monoisotopic (exact) mass is 260 g/mol. The van der Waals surface area contributed by atoms with E-state index in [1.807, 2.05) is 30.3 Å². The summed E-state index contributed by atoms with van der Waals surface area (Å²) in [6.45, 7) is 0. The van der Waals surface area contributed by atoms with E-state index in [1.54, 1.807) is 18.2 Å². The van der Waals surface area contributed by atoms with Gasteiger partial charge in [0.15, 0.2) is 0 Å². The van der Waals surface area contributed by atoms with Gasteiger partial charge in [0.1, 0.15) is 0 Å². The summed E-state index contributed by atoms with van der Waals surface area (Å²) in [4.78, 5) is 0.304. The van der Waals surface area contributed by atoms with Gasteiger partial charge in [-0.15, -0.1) is 0 Å². The fraction of sp³-hybridized carbons (Fsp3) is 0.143. The highest BCUT2D eigenvalue weighted by Crippen LogP contribution is 2.23. The normalized spacial score (nSPS) is 11.7. The van der Waals surface area contributed by atoms with Crippen molar-refractivity contribution in [3.05, 3.63) is 54.6 Å². The van der Waals surface area contributed by atoms with Crippen molar-refractivity contribution in [1.82, 2.24) is 4.31 Å². The van der Waals surface area contributed by atoms with Crippen LogP contribution in [-0.2, 0) is 10.0 Å². The minimum absolute atomic E-state index is 0.304. The van der Waals surface area contributed by atoms with Gasteiger partial charge >= 0.3 is 0 Å². The Hall–Kier alpha value is -1.65. The van der Waals surface area contributed by atoms with E-state index in [-0.39, 0.29) is 0 Å². The van der Waals surface area contributed by atoms with Crippen molar-refractivity contribution >= 4 is 10.0 Å². The van der Waals surface area contributed by atoms with E-state index in [9.17, 15) is 8.42 Å². The molecule has 2 aromatic rings. The van der Waals surface area contributed by atoms with Crippen molar-refractivity contribution in [1.29, 1.82) is 0 Å². The minimum atomic E-state index is -3.38. The van der Waals surface area contributed by atoms with Crippen LogP contribution in [0.25, 0.3) is 11.1 Å². The van der Waals surface area contributed by atoms with Crippen LogP contribution in [0, 0.1) is 6.07 Å². The maximum Gasteiger partial charge on any atom is 0.242 e. The minimum Gasteiger partial charge on any atom is -0.207 e. The predicted molar refractivity (Wildman–Crippen MR) is 71.6 cm³/mol. The molecule has 1 radical (unpaired) electrons. The van der Waals surface area contributed by atoms with Gasteiger partial charge < -0.3 is 0 Å². The van der Waals surface area contributed by atoms with Gasteiger partial charge in [0.2, 0.25) is 10.0 Å². The molecule has 0 aliphatic heterocycles. The molecule has 4 heteroatoms. The Labute approximate surface area is 108 Å². The fourth-order valence-corrected chi connectivity index (χ4v) is 2.57. The van der Waals surface area contributed by atoms with Crippen LogP contribution in [0.15, 0.2) is 53.4 Å². The molecule has 0 aromatic heterocycles. The molecular formula is C14H14NO2S. The van der Waals surface area contributed by atoms with E-state index in [4.69, 9.17) is 0 Å². The molecule has 0 bridgehead atoms. The average Bonchev–Trinajstić information content (AvgIpc) is 2.40. The maximum atomic E-state index is 12.0. The quantitative estimate of drug-likeness (QED) is 0.850. The van der Waals surface area contributed by atoms with Gasteiger partial charge in [0, 0.05) is 14.1 Å². The second-order valence-corrected chi connectivity index (χ2v) is 6.26. The van der Waals surface area contributed by atoms with E-state index in [0.717, 1.165) is 11.1 Å². The molecule has 93 valence electrons. The molecule has 0 aliphatic carbocycles. The summed E-state index contributed by atoms with van der Waals surface area (Å²) in [5, 5.41) is 0. The molecule has 2 rings (SSSR count). The van der Waals surface area contributed by atoms with Crippen molar-refractivity contribution in [2.45, 2.75) is 4.90 Å². The summed E-state index contributed by atoms with van der Waals surface area (Å²) < 4.78 is 25.3. The first-order valence-electron chi connectivity index (χ1n) is 5.51. The molecular weight excluding hydrogens is 246 g/mol. The summed E-state index contributed by atoms with van der Waals surface area (Å²) in [6.07, 6.45) is 0. The van der Waals surface area contributed by atoms with E-state index in [0.29, 0.717) is 4.90 Å². The fourth-order valence-electron chi connectivity index (χ4n) is 1.63. The topological polar surface area (TPSA) is 37.4 Å². The van der Waals surface area contributed by atoms with Crippen molar-refractivity contribution in [3.8, 4) is 11.1 Å². The van der Waals surface area contributed by atoms with Gasteiger partial charge in [-0.25, -0.2) is 12.7 Å². The number of benzene rings is 2. The smallest absolute Gasteiger partial charge is 0.207 e. The van der Waals surface area contributed by atoms with Crippen LogP contribution in [0.1, 0.15) is 0 Å². The number of hydrogen-bond acceptors (Lipinski definition) is 2. The zero-order valence-corrected chi connectivity index (χ0v) is 11.1. The molecule has 0 fully saturated rings. The number of sulfonamides is 1. The standard InChI is InChI=1S/C14H14NO2S/c1-15(2)18(16,17)14-10-6-9-13(11-14)12-7-4-3-5-8-12/h4-11H,1-2H3. The molecule has 0 amide bonds. The Morgan fingerprint density at radius 1 is 1.00 bits per heavy atom. The zero-order valence-electron chi connectivity index (χ0n) is 10.3. The van der Waals surface area contributed by atoms with Crippen LogP contribution in [0.5, 0.6) is 0 Å². The van der Waals surface area contributed by atoms with Crippen LogP contribution < -0.4 is 0 Å². The van der Waals surface area contributed by atoms with Crippen LogP contribution in [-0.4, -0.2) is 26.8 Å². The van der Waals surface area contributed by atoms with Crippen LogP contribution in [0.3, 0.4) is 0 Å². The van der Waals surface area contributed by atoms with Crippen molar-refractivity contribution < 1.29 is 8.42 Å². The molecule has 0 aliphatic rings. The molecule has 2 aromatic carbocycles. The molecule has 0 saturated carbocycles. The van der Waals surface area contributed by atoms with Crippen molar-refractivity contribution in [2.24, 2.45) is 0 Å². The lowest BCUT2D eigenvalue weighted by molar-refractivity contribution is 0.521. The first-order valence-corrected chi connectivity index (χ1v) is 6.95. The third kappa shape index (κ3) is 2.44. The Kier molecular flexibility index (Phi) is 3.50. The van der Waals surface area contributed by atoms with E-state index >= 15 is 0 Å². The lowest BCUT2D eigenvalue weighted by Crippen LogP contribution is -2.22. The SMILES string of the molecule is CN(C)S(=O)(=O)c1cccc(-c2cc[c]cc2)c1. The third-order valence-corrected chi connectivity index (χ3v) is 4.48. The van der Waals surface area contributed by atoms with Crippen LogP contribution >= 0.6 is 0 Å². The highest BCUT2D eigenvalue weighted by Gasteiger charge is 2.17. The van der Waals surface area contributed by atoms with Crippen LogP contribution in [0.2, 0.25) is 0 Å². The first kappa shape index (κ1) is 12.8. The molecule has 0 spiro atoms. The average molecular weight is 260 g/mol. The van der Waals surface area contributed by atoms with Gasteiger partial charge in [-0.05, 0) is 29.3 Å². The maximum absolute atomic E-state index is 12.0. The number of nitrogens with zero attached hydrogens (tertiary/aromatic N) is 1. The van der Waals surface area contributed by atoms with Gasteiger partial charge in [-0.1, -0.05) is 36.4 Å². The highest BCUT2D eigenvalue weighted by molar-refractivity contribution is 7.89. The van der Waals surface area contributed by atoms with Gasteiger partial charge in [-0.3, -0.25) is 0 Å². The summed E-state index contributed by atoms with van der Waals surface area (Å²) >= 11 is 0. The Morgan fingerprint density at radius 2 is 1.67 bits per heavy atom. The Morgan fingerprint density at radius 3 is 2.28 bits per heavy atom. The molecule has 0 saturated heterocycles. The summed E-state index contributed by atoms with van der Waals surface area (Å²) in [6, 6.07) is 17.3. The lowest BCUT2D eigenvalue weighted by atomic mass is 10.1. The van der Waals surface area contributed by atoms with Crippen LogP contribution in [0.4, 0.5) is 0 Å². The summed E-state index contributed by atoms with van der Waals surface area (Å²) in [5.41, 5.74) is 1.86. The highest BCUT2D eigenvalue weighted by atomic mass is 32.2. The largest absolute Gasteiger partial charge is 0.242 e. The van der Waals surface area contributed by atoms with E-state index in [2.05, 4.69) is 6.07 Å². The first-order chi connectivity index (χ1) is 8.51. The third-order valence-electron chi connectivity index (χ3n) is 2.66. The molecule has 0 heterocycles. The Bertz CT molecular complexity index is 634. The number of rotatable bonds is 3. The van der Waals surface area contributed by atoms with Crippen molar-refractivity contribution in [2.75, 3.05) is 14.1 Å². The summed E-state index contributed by atoms with van der Waals surface area (Å²) in [5.74, 6) is 0.